The number of ketones is 1. The fourth-order valence-electron chi connectivity index (χ4n) is 1.62. The van der Waals surface area contributed by atoms with E-state index in [1.807, 2.05) is 25.2 Å². The highest BCUT2D eigenvalue weighted by molar-refractivity contribution is 5.98. The summed E-state index contributed by atoms with van der Waals surface area (Å²) in [6.07, 6.45) is 1.96. The summed E-state index contributed by atoms with van der Waals surface area (Å²) in [6.45, 7) is 0.543. The van der Waals surface area contributed by atoms with Crippen molar-refractivity contribution in [1.82, 2.24) is 4.90 Å². The molecule has 2 bridgehead atoms. The number of carbonyl (C=O) groups is 1. The van der Waals surface area contributed by atoms with Gasteiger partial charge in [-0.1, -0.05) is 0 Å². The molecular weight excluding hydrogens is 170 g/mol. The van der Waals surface area contributed by atoms with E-state index in [0.29, 0.717) is 13.0 Å². The SMILES string of the molecule is CN(C)C=C1CC2COC(O2)C1=O. The van der Waals surface area contributed by atoms with Crippen molar-refractivity contribution in [2.45, 2.75) is 18.8 Å². The Balaban J connectivity index is 2.18. The van der Waals surface area contributed by atoms with Crippen LogP contribution in [0.1, 0.15) is 6.42 Å². The molecule has 0 aromatic heterocycles. The summed E-state index contributed by atoms with van der Waals surface area (Å²) in [6, 6.07) is 0. The van der Waals surface area contributed by atoms with Gasteiger partial charge in [-0.2, -0.15) is 0 Å². The first-order valence-corrected chi connectivity index (χ1v) is 4.35. The minimum absolute atomic E-state index is 0.0255. The Morgan fingerprint density at radius 1 is 1.54 bits per heavy atom. The molecule has 0 aliphatic carbocycles. The van der Waals surface area contributed by atoms with Crippen LogP contribution >= 0.6 is 0 Å². The lowest BCUT2D eigenvalue weighted by Crippen LogP contribution is -2.31. The summed E-state index contributed by atoms with van der Waals surface area (Å²) in [4.78, 5) is 13.4. The fourth-order valence-corrected chi connectivity index (χ4v) is 1.62. The van der Waals surface area contributed by atoms with Crippen LogP contribution in [-0.2, 0) is 14.3 Å². The van der Waals surface area contributed by atoms with E-state index >= 15 is 0 Å². The van der Waals surface area contributed by atoms with Crippen molar-refractivity contribution in [2.24, 2.45) is 0 Å². The van der Waals surface area contributed by atoms with Gasteiger partial charge in [0.1, 0.15) is 0 Å². The molecule has 0 amide bonds. The topological polar surface area (TPSA) is 38.8 Å². The molecule has 0 N–H and O–H groups in total. The lowest BCUT2D eigenvalue weighted by atomic mass is 10.0. The van der Waals surface area contributed by atoms with Crippen LogP contribution < -0.4 is 0 Å². The van der Waals surface area contributed by atoms with E-state index in [1.165, 1.54) is 0 Å². The maximum Gasteiger partial charge on any atom is 0.222 e. The quantitative estimate of drug-likeness (QED) is 0.542. The van der Waals surface area contributed by atoms with Crippen LogP contribution in [0.5, 0.6) is 0 Å². The molecule has 13 heavy (non-hydrogen) atoms. The van der Waals surface area contributed by atoms with E-state index < -0.39 is 6.29 Å². The number of fused-ring (bicyclic) bond motifs is 2. The van der Waals surface area contributed by atoms with Gasteiger partial charge in [-0.3, -0.25) is 4.79 Å². The van der Waals surface area contributed by atoms with Gasteiger partial charge < -0.3 is 14.4 Å². The third-order valence-corrected chi connectivity index (χ3v) is 2.14. The van der Waals surface area contributed by atoms with Crippen LogP contribution in [0.2, 0.25) is 0 Å². The molecular formula is C9H13NO3. The molecule has 2 unspecified atom stereocenters. The minimum atomic E-state index is -0.634. The molecule has 0 saturated carbocycles. The molecule has 2 aliphatic heterocycles. The van der Waals surface area contributed by atoms with Crippen molar-refractivity contribution in [2.75, 3.05) is 20.7 Å². The smallest absolute Gasteiger partial charge is 0.222 e. The molecule has 4 nitrogen and oxygen atoms in total. The predicted octanol–water partition coefficient (Wildman–Crippen LogP) is 0.146. The zero-order valence-corrected chi connectivity index (χ0v) is 7.82. The highest BCUT2D eigenvalue weighted by Gasteiger charge is 2.39. The average Bonchev–Trinajstić information content (AvgIpc) is 2.44. The highest BCUT2D eigenvalue weighted by Crippen LogP contribution is 2.27. The molecule has 0 aromatic rings. The third kappa shape index (κ3) is 1.59. The molecule has 0 aromatic carbocycles. The Bertz CT molecular complexity index is 260. The molecule has 2 atom stereocenters. The Kier molecular flexibility index (Phi) is 2.09. The maximum atomic E-state index is 11.6. The van der Waals surface area contributed by atoms with E-state index in [4.69, 9.17) is 9.47 Å². The van der Waals surface area contributed by atoms with Crippen molar-refractivity contribution in [3.8, 4) is 0 Å². The highest BCUT2D eigenvalue weighted by atomic mass is 16.7. The number of hydrogen-bond donors (Lipinski definition) is 0. The van der Waals surface area contributed by atoms with Gasteiger partial charge in [0.15, 0.2) is 0 Å². The first-order chi connectivity index (χ1) is 6.16. The van der Waals surface area contributed by atoms with Gasteiger partial charge in [0.2, 0.25) is 12.1 Å². The number of ether oxygens (including phenoxy) is 2. The number of carbonyl (C=O) groups excluding carboxylic acids is 1. The van der Waals surface area contributed by atoms with Gasteiger partial charge in [-0.25, -0.2) is 0 Å². The molecule has 0 spiro atoms. The van der Waals surface area contributed by atoms with Crippen molar-refractivity contribution < 1.29 is 14.3 Å². The molecule has 4 heteroatoms. The lowest BCUT2D eigenvalue weighted by Gasteiger charge is -2.20. The van der Waals surface area contributed by atoms with Gasteiger partial charge in [-0.05, 0) is 0 Å². The van der Waals surface area contributed by atoms with Crippen molar-refractivity contribution in [1.29, 1.82) is 0 Å². The standard InChI is InChI=1S/C9H13NO3/c1-10(2)4-6-3-7-5-12-9(13-7)8(6)11/h4,7,9H,3,5H2,1-2H3. The first kappa shape index (κ1) is 8.72. The van der Waals surface area contributed by atoms with Crippen LogP contribution in [-0.4, -0.2) is 43.8 Å². The third-order valence-electron chi connectivity index (χ3n) is 2.14. The summed E-state index contributed by atoms with van der Waals surface area (Å²) in [7, 11) is 3.80. The van der Waals surface area contributed by atoms with Gasteiger partial charge >= 0.3 is 0 Å². The molecule has 72 valence electrons. The predicted molar refractivity (Wildman–Crippen MR) is 46.0 cm³/mol. The van der Waals surface area contributed by atoms with Crippen molar-refractivity contribution >= 4 is 5.78 Å². The van der Waals surface area contributed by atoms with Crippen LogP contribution in [0.3, 0.4) is 0 Å². The van der Waals surface area contributed by atoms with E-state index in [2.05, 4.69) is 0 Å². The first-order valence-electron chi connectivity index (χ1n) is 4.35. The molecule has 2 rings (SSSR count). The van der Waals surface area contributed by atoms with Crippen LogP contribution in [0.25, 0.3) is 0 Å². The van der Waals surface area contributed by atoms with E-state index in [-0.39, 0.29) is 11.9 Å². The number of rotatable bonds is 1. The maximum absolute atomic E-state index is 11.6. The summed E-state index contributed by atoms with van der Waals surface area (Å²) in [5, 5.41) is 0. The summed E-state index contributed by atoms with van der Waals surface area (Å²) >= 11 is 0. The second kappa shape index (κ2) is 3.12. The second-order valence-corrected chi connectivity index (χ2v) is 3.61. The van der Waals surface area contributed by atoms with Crippen LogP contribution in [0.4, 0.5) is 0 Å². The second-order valence-electron chi connectivity index (χ2n) is 3.61. The van der Waals surface area contributed by atoms with Gasteiger partial charge in [0.25, 0.3) is 0 Å². The molecule has 2 fully saturated rings. The van der Waals surface area contributed by atoms with E-state index in [0.717, 1.165) is 5.57 Å². The summed E-state index contributed by atoms with van der Waals surface area (Å²) in [5.41, 5.74) is 0.809. The molecule has 2 heterocycles. The summed E-state index contributed by atoms with van der Waals surface area (Å²) < 4.78 is 10.5. The zero-order valence-electron chi connectivity index (χ0n) is 7.82. The number of nitrogens with zero attached hydrogens (tertiary/aromatic N) is 1. The van der Waals surface area contributed by atoms with Crippen LogP contribution in [0.15, 0.2) is 11.8 Å². The minimum Gasteiger partial charge on any atom is -0.383 e. The van der Waals surface area contributed by atoms with Crippen LogP contribution in [0, 0.1) is 0 Å². The van der Waals surface area contributed by atoms with Crippen molar-refractivity contribution in [3.05, 3.63) is 11.8 Å². The zero-order chi connectivity index (χ0) is 9.42. The molecule has 0 radical (unpaired) electrons. The van der Waals surface area contributed by atoms with Gasteiger partial charge in [-0.15, -0.1) is 0 Å². The largest absolute Gasteiger partial charge is 0.383 e. The molecule has 2 saturated heterocycles. The van der Waals surface area contributed by atoms with E-state index in [1.54, 1.807) is 0 Å². The Morgan fingerprint density at radius 2 is 2.31 bits per heavy atom. The fraction of sp³-hybridized carbons (Fsp3) is 0.667. The lowest BCUT2D eigenvalue weighted by molar-refractivity contribution is -0.146. The monoisotopic (exact) mass is 183 g/mol. The van der Waals surface area contributed by atoms with Crippen molar-refractivity contribution in [3.63, 3.8) is 0 Å². The van der Waals surface area contributed by atoms with Gasteiger partial charge in [0.05, 0.1) is 12.7 Å². The Labute approximate surface area is 77.1 Å². The Hall–Kier alpha value is -0.870. The number of hydrogen-bond acceptors (Lipinski definition) is 4. The summed E-state index contributed by atoms with van der Waals surface area (Å²) in [5.74, 6) is -0.0255. The van der Waals surface area contributed by atoms with Gasteiger partial charge in [0, 0.05) is 32.3 Å². The normalized spacial score (nSPS) is 35.5. The Morgan fingerprint density at radius 3 is 3.00 bits per heavy atom. The number of Topliss-reactive ketones (excluding diaryl/α,β-unsaturated/α-hetero) is 1. The molecule has 2 aliphatic rings. The van der Waals surface area contributed by atoms with E-state index in [9.17, 15) is 4.79 Å². The average molecular weight is 183 g/mol.